The molecule has 1 N–H and O–H groups in total. The van der Waals surface area contributed by atoms with Crippen LogP contribution in [0.4, 0.5) is 0 Å². The van der Waals surface area contributed by atoms with Crippen molar-refractivity contribution in [3.8, 4) is 0 Å². The summed E-state index contributed by atoms with van der Waals surface area (Å²) < 4.78 is 0. The van der Waals surface area contributed by atoms with Gasteiger partial charge in [-0.1, -0.05) is 19.9 Å². The number of nitrogens with one attached hydrogen (secondary N) is 1. The molecule has 6 nitrogen and oxygen atoms in total. The molecular formula is C19H26N4O2. The van der Waals surface area contributed by atoms with E-state index in [4.69, 9.17) is 0 Å². The molecule has 25 heavy (non-hydrogen) atoms. The maximum absolute atomic E-state index is 12.6. The fourth-order valence-corrected chi connectivity index (χ4v) is 3.27. The Morgan fingerprint density at radius 3 is 2.56 bits per heavy atom. The number of imidazole rings is 1. The predicted octanol–water partition coefficient (Wildman–Crippen LogP) is 2.21. The highest BCUT2D eigenvalue weighted by molar-refractivity contribution is 5.82. The number of carbonyl (C=O) groups is 2. The van der Waals surface area contributed by atoms with Gasteiger partial charge < -0.3 is 14.8 Å². The number of benzene rings is 1. The maximum atomic E-state index is 12.6. The molecule has 0 bridgehead atoms. The quantitative estimate of drug-likeness (QED) is 0.926. The largest absolute Gasteiger partial charge is 0.345 e. The molecule has 0 saturated carbocycles. The Kier molecular flexibility index (Phi) is 5.36. The fraction of sp³-hybridized carbons (Fsp3) is 0.526. The van der Waals surface area contributed by atoms with Crippen LogP contribution in [0, 0.1) is 5.92 Å². The number of H-pyrrole nitrogens is 1. The number of hydrogen-bond acceptors (Lipinski definition) is 3. The second-order valence-electron chi connectivity index (χ2n) is 7.14. The van der Waals surface area contributed by atoms with Crippen molar-refractivity contribution in [1.29, 1.82) is 0 Å². The van der Waals surface area contributed by atoms with Crippen molar-refractivity contribution in [1.82, 2.24) is 19.8 Å². The summed E-state index contributed by atoms with van der Waals surface area (Å²) in [6, 6.07) is 5.87. The van der Waals surface area contributed by atoms with Crippen molar-refractivity contribution in [3.63, 3.8) is 0 Å². The number of nitrogens with zero attached hydrogens (tertiary/aromatic N) is 3. The zero-order valence-electron chi connectivity index (χ0n) is 15.0. The van der Waals surface area contributed by atoms with E-state index in [1.807, 2.05) is 28.0 Å². The van der Waals surface area contributed by atoms with E-state index in [-0.39, 0.29) is 11.8 Å². The average molecular weight is 342 g/mol. The molecule has 0 aliphatic carbocycles. The molecule has 0 atom stereocenters. The molecule has 1 aliphatic heterocycles. The molecule has 2 heterocycles. The van der Waals surface area contributed by atoms with Gasteiger partial charge in [0, 0.05) is 32.6 Å². The normalized spacial score (nSPS) is 15.6. The van der Waals surface area contributed by atoms with Crippen molar-refractivity contribution in [2.45, 2.75) is 33.1 Å². The third kappa shape index (κ3) is 4.38. The summed E-state index contributed by atoms with van der Waals surface area (Å²) in [6.45, 7) is 6.84. The first-order valence-electron chi connectivity index (χ1n) is 9.00. The fourth-order valence-electron chi connectivity index (χ4n) is 3.27. The molecule has 1 aromatic heterocycles. The van der Waals surface area contributed by atoms with Crippen molar-refractivity contribution >= 4 is 22.8 Å². The molecule has 2 amide bonds. The Balaban J connectivity index is 1.58. The third-order valence-corrected chi connectivity index (χ3v) is 4.62. The van der Waals surface area contributed by atoms with Gasteiger partial charge in [-0.3, -0.25) is 9.59 Å². The van der Waals surface area contributed by atoms with Gasteiger partial charge >= 0.3 is 0 Å². The Bertz CT molecular complexity index is 753. The first kappa shape index (κ1) is 17.5. The molecule has 6 heteroatoms. The molecule has 0 unspecified atom stereocenters. The van der Waals surface area contributed by atoms with Crippen LogP contribution in [0.15, 0.2) is 24.5 Å². The van der Waals surface area contributed by atoms with Crippen molar-refractivity contribution in [3.05, 3.63) is 30.1 Å². The van der Waals surface area contributed by atoms with Gasteiger partial charge in [-0.2, -0.15) is 0 Å². The van der Waals surface area contributed by atoms with Gasteiger partial charge in [0.2, 0.25) is 11.8 Å². The molecule has 1 aromatic carbocycles. The van der Waals surface area contributed by atoms with E-state index in [0.717, 1.165) is 36.1 Å². The highest BCUT2D eigenvalue weighted by Crippen LogP contribution is 2.14. The van der Waals surface area contributed by atoms with E-state index >= 15 is 0 Å². The molecule has 1 saturated heterocycles. The SMILES string of the molecule is CC(C)CC(=O)N1CCCN(C(=O)Cc2ccc3nc[nH]c3c2)CC1. The van der Waals surface area contributed by atoms with Crippen LogP contribution in [0.5, 0.6) is 0 Å². The van der Waals surface area contributed by atoms with E-state index in [0.29, 0.717) is 31.8 Å². The van der Waals surface area contributed by atoms with Crippen molar-refractivity contribution in [2.24, 2.45) is 5.92 Å². The molecular weight excluding hydrogens is 316 g/mol. The zero-order chi connectivity index (χ0) is 17.8. The van der Waals surface area contributed by atoms with E-state index < -0.39 is 0 Å². The van der Waals surface area contributed by atoms with E-state index in [1.165, 1.54) is 0 Å². The summed E-state index contributed by atoms with van der Waals surface area (Å²) in [5.74, 6) is 0.692. The predicted molar refractivity (Wildman–Crippen MR) is 97.0 cm³/mol. The first-order valence-corrected chi connectivity index (χ1v) is 9.00. The lowest BCUT2D eigenvalue weighted by Crippen LogP contribution is -2.38. The number of amides is 2. The molecule has 2 aromatic rings. The lowest BCUT2D eigenvalue weighted by atomic mass is 10.1. The second-order valence-corrected chi connectivity index (χ2v) is 7.14. The molecule has 1 fully saturated rings. The van der Waals surface area contributed by atoms with Crippen LogP contribution < -0.4 is 0 Å². The lowest BCUT2D eigenvalue weighted by Gasteiger charge is -2.23. The van der Waals surface area contributed by atoms with Crippen LogP contribution in [0.1, 0.15) is 32.3 Å². The summed E-state index contributed by atoms with van der Waals surface area (Å²) >= 11 is 0. The van der Waals surface area contributed by atoms with E-state index in [9.17, 15) is 9.59 Å². The van der Waals surface area contributed by atoms with Crippen LogP contribution in [-0.4, -0.2) is 57.8 Å². The molecule has 0 spiro atoms. The highest BCUT2D eigenvalue weighted by Gasteiger charge is 2.22. The standard InChI is InChI=1S/C19H26N4O2/c1-14(2)10-18(24)22-6-3-7-23(9-8-22)19(25)12-15-4-5-16-17(11-15)21-13-20-16/h4-5,11,13-14H,3,6-10,12H2,1-2H3,(H,20,21). The van der Waals surface area contributed by atoms with Crippen molar-refractivity contribution in [2.75, 3.05) is 26.2 Å². The van der Waals surface area contributed by atoms with Crippen molar-refractivity contribution < 1.29 is 9.59 Å². The van der Waals surface area contributed by atoms with Gasteiger partial charge in [0.15, 0.2) is 0 Å². The summed E-state index contributed by atoms with van der Waals surface area (Å²) in [5, 5.41) is 0. The number of aromatic nitrogens is 2. The van der Waals surface area contributed by atoms with Crippen LogP contribution >= 0.6 is 0 Å². The number of hydrogen-bond donors (Lipinski definition) is 1. The molecule has 0 radical (unpaired) electrons. The van der Waals surface area contributed by atoms with Gasteiger partial charge in [-0.25, -0.2) is 4.98 Å². The monoisotopic (exact) mass is 342 g/mol. The first-order chi connectivity index (χ1) is 12.0. The number of aromatic amines is 1. The van der Waals surface area contributed by atoms with Gasteiger partial charge in [0.25, 0.3) is 0 Å². The van der Waals surface area contributed by atoms with Gasteiger partial charge in [-0.15, -0.1) is 0 Å². The minimum Gasteiger partial charge on any atom is -0.345 e. The summed E-state index contributed by atoms with van der Waals surface area (Å²) in [4.78, 5) is 36.0. The average Bonchev–Trinajstić information content (AvgIpc) is 2.88. The Morgan fingerprint density at radius 1 is 1.12 bits per heavy atom. The third-order valence-electron chi connectivity index (χ3n) is 4.62. The van der Waals surface area contributed by atoms with Gasteiger partial charge in [0.1, 0.15) is 0 Å². The van der Waals surface area contributed by atoms with E-state index in [1.54, 1.807) is 6.33 Å². The summed E-state index contributed by atoms with van der Waals surface area (Å²) in [5.41, 5.74) is 2.84. The molecule has 3 rings (SSSR count). The second kappa shape index (κ2) is 7.68. The number of fused-ring (bicyclic) bond motifs is 1. The Hall–Kier alpha value is -2.37. The minimum absolute atomic E-state index is 0.122. The maximum Gasteiger partial charge on any atom is 0.227 e. The molecule has 134 valence electrons. The zero-order valence-corrected chi connectivity index (χ0v) is 15.0. The summed E-state index contributed by atoms with van der Waals surface area (Å²) in [6.07, 6.45) is 3.47. The lowest BCUT2D eigenvalue weighted by molar-refractivity contribution is -0.133. The molecule has 1 aliphatic rings. The van der Waals surface area contributed by atoms with Crippen LogP contribution in [0.25, 0.3) is 11.0 Å². The summed E-state index contributed by atoms with van der Waals surface area (Å²) in [7, 11) is 0. The van der Waals surface area contributed by atoms with E-state index in [2.05, 4.69) is 23.8 Å². The highest BCUT2D eigenvalue weighted by atomic mass is 16.2. The smallest absolute Gasteiger partial charge is 0.227 e. The Labute approximate surface area is 148 Å². The Morgan fingerprint density at radius 2 is 1.84 bits per heavy atom. The number of carbonyl (C=O) groups excluding carboxylic acids is 2. The van der Waals surface area contributed by atoms with Crippen LogP contribution in [0.3, 0.4) is 0 Å². The topological polar surface area (TPSA) is 69.3 Å². The number of rotatable bonds is 4. The van der Waals surface area contributed by atoms with Gasteiger partial charge in [0.05, 0.1) is 23.8 Å². The minimum atomic E-state index is 0.122. The van der Waals surface area contributed by atoms with Crippen LogP contribution in [0.2, 0.25) is 0 Å². The van der Waals surface area contributed by atoms with Gasteiger partial charge in [-0.05, 0) is 30.0 Å². The van der Waals surface area contributed by atoms with Crippen LogP contribution in [-0.2, 0) is 16.0 Å².